The Morgan fingerprint density at radius 2 is 1.87 bits per heavy atom. The predicted molar refractivity (Wildman–Crippen MR) is 174 cm³/mol. The number of hydrogen-bond donors (Lipinski definition) is 2. The number of carbonyl (C=O) groups excluding carboxylic acids is 1. The Balaban J connectivity index is 1.03. The summed E-state index contributed by atoms with van der Waals surface area (Å²) in [7, 11) is 1.89. The number of urea groups is 1. The molecule has 0 unspecified atom stereocenters. The zero-order valence-corrected chi connectivity index (χ0v) is 26.2. The number of benzene rings is 1. The van der Waals surface area contributed by atoms with E-state index in [1.54, 1.807) is 10.9 Å². The molecule has 0 bridgehead atoms. The number of nitrogens with zero attached hydrogens (tertiary/aromatic N) is 7. The molecule has 1 aliphatic carbocycles. The van der Waals surface area contributed by atoms with E-state index < -0.39 is 0 Å². The summed E-state index contributed by atoms with van der Waals surface area (Å²) in [5.41, 5.74) is 3.23. The van der Waals surface area contributed by atoms with E-state index in [9.17, 15) is 4.79 Å². The molecule has 11 nitrogen and oxygen atoms in total. The van der Waals surface area contributed by atoms with Crippen LogP contribution in [0.15, 0.2) is 67.3 Å². The maximum Gasteiger partial charge on any atom is 0.323 e. The topological polar surface area (TPSA) is 113 Å². The third-order valence-electron chi connectivity index (χ3n) is 9.21. The van der Waals surface area contributed by atoms with Gasteiger partial charge in [0.15, 0.2) is 5.82 Å². The van der Waals surface area contributed by atoms with Crippen molar-refractivity contribution in [2.24, 2.45) is 12.5 Å². The second-order valence-electron chi connectivity index (χ2n) is 12.5. The summed E-state index contributed by atoms with van der Waals surface area (Å²) in [6.45, 7) is 3.90. The standard InChI is InChI=1S/C33H38ClN9O2/c1-41-19-25(17-38-41)24-7-12-29(35-16-24)43(32(44)37-15-23-5-3-2-4-6-23)27-10-8-26(9-11-27)39-31-36-18-28(34)30(40-31)42-14-13-33(20-42)21-45-22-33/h2-7,12,16-19,26-27H,8-11,13-15,20-22H2,1H3,(H,37,44)(H,36,39,40). The lowest BCUT2D eigenvalue weighted by atomic mass is 9.85. The van der Waals surface area contributed by atoms with Crippen molar-refractivity contribution in [1.29, 1.82) is 0 Å². The van der Waals surface area contributed by atoms with Gasteiger partial charge in [-0.2, -0.15) is 10.1 Å². The van der Waals surface area contributed by atoms with Crippen molar-refractivity contribution in [2.45, 2.75) is 50.7 Å². The molecule has 1 aromatic carbocycles. The van der Waals surface area contributed by atoms with Crippen molar-refractivity contribution in [3.63, 3.8) is 0 Å². The van der Waals surface area contributed by atoms with Crippen molar-refractivity contribution in [2.75, 3.05) is 41.4 Å². The van der Waals surface area contributed by atoms with E-state index in [0.717, 1.165) is 80.9 Å². The van der Waals surface area contributed by atoms with Crippen molar-refractivity contribution in [1.82, 2.24) is 30.0 Å². The molecular formula is C33H38ClN9O2. The Morgan fingerprint density at radius 3 is 2.53 bits per heavy atom. The number of rotatable bonds is 8. The van der Waals surface area contributed by atoms with E-state index in [0.29, 0.717) is 23.3 Å². The average molecular weight is 628 g/mol. The molecule has 45 heavy (non-hydrogen) atoms. The number of ether oxygens (including phenoxy) is 1. The zero-order chi connectivity index (χ0) is 30.8. The van der Waals surface area contributed by atoms with Crippen LogP contribution in [0.2, 0.25) is 5.02 Å². The summed E-state index contributed by atoms with van der Waals surface area (Å²) < 4.78 is 7.25. The van der Waals surface area contributed by atoms with E-state index in [1.807, 2.05) is 73.0 Å². The lowest BCUT2D eigenvalue weighted by Crippen LogP contribution is -2.49. The molecule has 12 heteroatoms. The monoisotopic (exact) mass is 627 g/mol. The lowest BCUT2D eigenvalue weighted by molar-refractivity contribution is -0.0985. The van der Waals surface area contributed by atoms with E-state index in [-0.39, 0.29) is 23.5 Å². The van der Waals surface area contributed by atoms with Crippen molar-refractivity contribution < 1.29 is 9.53 Å². The van der Waals surface area contributed by atoms with Crippen LogP contribution in [-0.2, 0) is 18.3 Å². The molecule has 2 amide bonds. The summed E-state index contributed by atoms with van der Waals surface area (Å²) in [5, 5.41) is 11.5. The minimum absolute atomic E-state index is 0.00254. The average Bonchev–Trinajstić information content (AvgIpc) is 3.70. The molecule has 3 aliphatic rings. The fourth-order valence-corrected chi connectivity index (χ4v) is 6.85. The van der Waals surface area contributed by atoms with Gasteiger partial charge in [-0.15, -0.1) is 0 Å². The largest absolute Gasteiger partial charge is 0.380 e. The van der Waals surface area contributed by atoms with Gasteiger partial charge in [-0.05, 0) is 49.8 Å². The Labute approximate surface area is 268 Å². The number of aryl methyl sites for hydroxylation is 1. The fourth-order valence-electron chi connectivity index (χ4n) is 6.64. The van der Waals surface area contributed by atoms with Crippen LogP contribution in [0.3, 0.4) is 0 Å². The normalized spacial score (nSPS) is 20.5. The lowest BCUT2D eigenvalue weighted by Gasteiger charge is -2.37. The maximum absolute atomic E-state index is 13.7. The predicted octanol–water partition coefficient (Wildman–Crippen LogP) is 5.29. The minimum Gasteiger partial charge on any atom is -0.380 e. The fraction of sp³-hybridized carbons (Fsp3) is 0.424. The highest BCUT2D eigenvalue weighted by Gasteiger charge is 2.45. The van der Waals surface area contributed by atoms with Gasteiger partial charge < -0.3 is 20.3 Å². The Morgan fingerprint density at radius 1 is 1.04 bits per heavy atom. The molecule has 3 fully saturated rings. The van der Waals surface area contributed by atoms with Crippen LogP contribution in [0.25, 0.3) is 11.1 Å². The molecule has 0 atom stereocenters. The van der Waals surface area contributed by atoms with E-state index in [1.165, 1.54) is 0 Å². The van der Waals surface area contributed by atoms with Gasteiger partial charge in [-0.25, -0.2) is 14.8 Å². The highest BCUT2D eigenvalue weighted by molar-refractivity contribution is 6.32. The van der Waals surface area contributed by atoms with Gasteiger partial charge in [0.2, 0.25) is 5.95 Å². The smallest absolute Gasteiger partial charge is 0.323 e. The molecule has 4 aromatic rings. The number of carbonyl (C=O) groups is 1. The molecule has 234 valence electrons. The second-order valence-corrected chi connectivity index (χ2v) is 12.9. The molecule has 7 rings (SSSR count). The van der Waals surface area contributed by atoms with E-state index in [2.05, 4.69) is 25.6 Å². The minimum atomic E-state index is -0.150. The third kappa shape index (κ3) is 6.46. The molecule has 2 aliphatic heterocycles. The summed E-state index contributed by atoms with van der Waals surface area (Å²) >= 11 is 6.55. The Bertz CT molecular complexity index is 1620. The first-order valence-corrected chi connectivity index (χ1v) is 16.0. The van der Waals surface area contributed by atoms with Gasteiger partial charge >= 0.3 is 6.03 Å². The Kier molecular flexibility index (Phi) is 8.29. The van der Waals surface area contributed by atoms with Gasteiger partial charge in [0.25, 0.3) is 0 Å². The van der Waals surface area contributed by atoms with Gasteiger partial charge in [-0.1, -0.05) is 41.9 Å². The number of pyridine rings is 1. The summed E-state index contributed by atoms with van der Waals surface area (Å²) in [6, 6.07) is 13.9. The molecule has 3 aromatic heterocycles. The highest BCUT2D eigenvalue weighted by atomic mass is 35.5. The molecule has 1 saturated carbocycles. The first-order chi connectivity index (χ1) is 21.9. The van der Waals surface area contributed by atoms with Gasteiger partial charge in [0, 0.05) is 67.7 Å². The second kappa shape index (κ2) is 12.6. The van der Waals surface area contributed by atoms with Gasteiger partial charge in [0.05, 0.1) is 25.6 Å². The van der Waals surface area contributed by atoms with Crippen molar-refractivity contribution >= 4 is 35.2 Å². The van der Waals surface area contributed by atoms with E-state index >= 15 is 0 Å². The molecule has 0 radical (unpaired) electrons. The highest BCUT2D eigenvalue weighted by Crippen LogP contribution is 2.40. The van der Waals surface area contributed by atoms with E-state index in [4.69, 9.17) is 26.3 Å². The number of amides is 2. The first kappa shape index (κ1) is 29.5. The van der Waals surface area contributed by atoms with Crippen LogP contribution in [-0.4, -0.2) is 69.2 Å². The molecule has 1 spiro atoms. The summed E-state index contributed by atoms with van der Waals surface area (Å²) in [4.78, 5) is 31.9. The van der Waals surface area contributed by atoms with Crippen LogP contribution >= 0.6 is 11.6 Å². The molecule has 2 saturated heterocycles. The molecule has 2 N–H and O–H groups in total. The van der Waals surface area contributed by atoms with Crippen molar-refractivity contribution in [3.8, 4) is 11.1 Å². The molecule has 5 heterocycles. The SMILES string of the molecule is Cn1cc(-c2ccc(N(C(=O)NCc3ccccc3)C3CCC(Nc4ncc(Cl)c(N5CCC6(COC6)C5)n4)CC3)nc2)cn1. The molecular weight excluding hydrogens is 590 g/mol. The van der Waals surface area contributed by atoms with Gasteiger partial charge in [0.1, 0.15) is 10.8 Å². The summed E-state index contributed by atoms with van der Waals surface area (Å²) in [5.74, 6) is 2.01. The third-order valence-corrected chi connectivity index (χ3v) is 9.48. The maximum atomic E-state index is 13.7. The van der Waals surface area contributed by atoms with Crippen LogP contribution in [0.5, 0.6) is 0 Å². The number of halogens is 1. The van der Waals surface area contributed by atoms with Crippen LogP contribution < -0.4 is 20.4 Å². The Hall–Kier alpha value is -4.22. The summed E-state index contributed by atoms with van der Waals surface area (Å²) in [6.07, 6.45) is 11.7. The van der Waals surface area contributed by atoms with Crippen LogP contribution in [0.4, 0.5) is 22.4 Å². The van der Waals surface area contributed by atoms with Gasteiger partial charge in [-0.3, -0.25) is 9.58 Å². The number of anilines is 3. The number of hydrogen-bond acceptors (Lipinski definition) is 8. The number of aromatic nitrogens is 5. The zero-order valence-electron chi connectivity index (χ0n) is 25.4. The van der Waals surface area contributed by atoms with Crippen molar-refractivity contribution in [3.05, 3.63) is 77.8 Å². The first-order valence-electron chi connectivity index (χ1n) is 15.6. The quantitative estimate of drug-likeness (QED) is 0.271. The number of nitrogens with one attached hydrogen (secondary N) is 2. The van der Waals surface area contributed by atoms with Crippen LogP contribution in [0.1, 0.15) is 37.7 Å². The van der Waals surface area contributed by atoms with Crippen LogP contribution in [0, 0.1) is 5.41 Å².